The summed E-state index contributed by atoms with van der Waals surface area (Å²) in [5.74, 6) is -5.39. The number of hydrogen-bond acceptors (Lipinski definition) is 6. The standard InChI is InChI=1S/C20H23F2NO6S/c1-3-23(4-2)6-7-29-19(12(20(27)28)9-15(24)25)18(26)16-13(21)10-14-11(17(16)22)5-8-30-14/h5,8-10,18-19,26H,3-4,6-7H2,1-2H3,(H,24,25)(H,27,28)/b12-9-. The minimum atomic E-state index is -2.08. The third kappa shape index (κ3) is 5.39. The second-order valence-electron chi connectivity index (χ2n) is 6.42. The molecule has 10 heteroatoms. The molecule has 0 aliphatic heterocycles. The van der Waals surface area contributed by atoms with Crippen molar-refractivity contribution in [2.45, 2.75) is 26.1 Å². The van der Waals surface area contributed by atoms with Crippen LogP contribution in [0.3, 0.4) is 0 Å². The number of carboxylic acid groups (broad SMARTS) is 2. The lowest BCUT2D eigenvalue weighted by molar-refractivity contribution is -0.137. The van der Waals surface area contributed by atoms with Gasteiger partial charge in [-0.2, -0.15) is 0 Å². The van der Waals surface area contributed by atoms with Crippen molar-refractivity contribution in [3.8, 4) is 0 Å². The molecule has 0 saturated carbocycles. The largest absolute Gasteiger partial charge is 0.478 e. The zero-order chi connectivity index (χ0) is 22.4. The Balaban J connectivity index is 2.47. The molecule has 1 aromatic carbocycles. The van der Waals surface area contributed by atoms with Crippen molar-refractivity contribution in [1.82, 2.24) is 4.90 Å². The molecule has 2 aromatic rings. The van der Waals surface area contributed by atoms with Crippen molar-refractivity contribution >= 4 is 33.4 Å². The predicted octanol–water partition coefficient (Wildman–Crippen LogP) is 3.04. The number of nitrogens with zero attached hydrogens (tertiary/aromatic N) is 1. The van der Waals surface area contributed by atoms with E-state index < -0.39 is 46.9 Å². The third-order valence-electron chi connectivity index (χ3n) is 4.70. The number of aliphatic hydroxyl groups is 1. The molecule has 0 bridgehead atoms. The quantitative estimate of drug-likeness (QED) is 0.458. The van der Waals surface area contributed by atoms with E-state index in [9.17, 15) is 28.6 Å². The number of carbonyl (C=O) groups is 2. The number of hydrogen-bond donors (Lipinski definition) is 3. The fourth-order valence-corrected chi connectivity index (χ4v) is 3.88. The van der Waals surface area contributed by atoms with E-state index in [1.165, 1.54) is 6.07 Å². The van der Waals surface area contributed by atoms with Crippen molar-refractivity contribution < 1.29 is 38.4 Å². The zero-order valence-corrected chi connectivity index (χ0v) is 17.3. The van der Waals surface area contributed by atoms with Crippen LogP contribution in [0.25, 0.3) is 10.1 Å². The molecule has 30 heavy (non-hydrogen) atoms. The molecule has 1 aromatic heterocycles. The predicted molar refractivity (Wildman–Crippen MR) is 108 cm³/mol. The van der Waals surface area contributed by atoms with Gasteiger partial charge in [0.25, 0.3) is 0 Å². The fraction of sp³-hybridized carbons (Fsp3) is 0.400. The van der Waals surface area contributed by atoms with Crippen LogP contribution in [0.4, 0.5) is 8.78 Å². The van der Waals surface area contributed by atoms with Crippen LogP contribution in [-0.4, -0.2) is 64.5 Å². The van der Waals surface area contributed by atoms with Crippen molar-refractivity contribution in [2.24, 2.45) is 0 Å². The summed E-state index contributed by atoms with van der Waals surface area (Å²) >= 11 is 1.10. The number of ether oxygens (including phenoxy) is 1. The molecule has 0 saturated heterocycles. The molecule has 2 atom stereocenters. The first-order valence-corrected chi connectivity index (χ1v) is 10.1. The minimum absolute atomic E-state index is 0.0661. The van der Waals surface area contributed by atoms with Crippen LogP contribution < -0.4 is 0 Å². The second-order valence-corrected chi connectivity index (χ2v) is 7.37. The lowest BCUT2D eigenvalue weighted by atomic mass is 9.95. The molecular weight excluding hydrogens is 420 g/mol. The maximum atomic E-state index is 14.9. The molecule has 1 heterocycles. The Morgan fingerprint density at radius 2 is 1.93 bits per heavy atom. The highest BCUT2D eigenvalue weighted by Crippen LogP contribution is 2.34. The fourth-order valence-electron chi connectivity index (χ4n) is 3.08. The number of aliphatic carboxylic acids is 2. The van der Waals surface area contributed by atoms with Crippen molar-refractivity contribution in [1.29, 1.82) is 0 Å². The Kier molecular flexibility index (Phi) is 8.42. The second kappa shape index (κ2) is 10.6. The Bertz CT molecular complexity index is 941. The van der Waals surface area contributed by atoms with E-state index in [0.29, 0.717) is 30.4 Å². The summed E-state index contributed by atoms with van der Waals surface area (Å²) in [5.41, 5.74) is -1.59. The first kappa shape index (κ1) is 23.9. The Morgan fingerprint density at radius 3 is 2.50 bits per heavy atom. The van der Waals surface area contributed by atoms with Crippen molar-refractivity contribution in [2.75, 3.05) is 26.2 Å². The zero-order valence-electron chi connectivity index (χ0n) is 16.5. The van der Waals surface area contributed by atoms with E-state index in [4.69, 9.17) is 9.84 Å². The van der Waals surface area contributed by atoms with Crippen LogP contribution in [0.2, 0.25) is 0 Å². The van der Waals surface area contributed by atoms with Gasteiger partial charge in [-0.3, -0.25) is 0 Å². The number of halogens is 2. The molecule has 2 rings (SSSR count). The molecule has 164 valence electrons. The molecule has 0 amide bonds. The minimum Gasteiger partial charge on any atom is -0.478 e. The number of thiophene rings is 1. The lowest BCUT2D eigenvalue weighted by Gasteiger charge is -2.26. The van der Waals surface area contributed by atoms with Gasteiger partial charge in [-0.05, 0) is 30.6 Å². The van der Waals surface area contributed by atoms with Crippen LogP contribution >= 0.6 is 11.3 Å². The van der Waals surface area contributed by atoms with Crippen LogP contribution in [0.1, 0.15) is 25.5 Å². The number of aliphatic hydroxyl groups excluding tert-OH is 1. The molecule has 0 fully saturated rings. The van der Waals surface area contributed by atoms with E-state index in [0.717, 1.165) is 17.4 Å². The number of fused-ring (bicyclic) bond motifs is 1. The number of carboxylic acids is 2. The van der Waals surface area contributed by atoms with Gasteiger partial charge in [0.05, 0.1) is 17.7 Å². The summed E-state index contributed by atoms with van der Waals surface area (Å²) in [6, 6.07) is 2.45. The van der Waals surface area contributed by atoms with Gasteiger partial charge in [-0.1, -0.05) is 13.8 Å². The van der Waals surface area contributed by atoms with Crippen LogP contribution in [0, 0.1) is 11.6 Å². The topological polar surface area (TPSA) is 107 Å². The summed E-state index contributed by atoms with van der Waals surface area (Å²) in [6.07, 6.45) is -3.52. The van der Waals surface area contributed by atoms with E-state index in [1.807, 2.05) is 18.7 Å². The Hall–Kier alpha value is -2.40. The molecule has 0 aliphatic rings. The highest BCUT2D eigenvalue weighted by Gasteiger charge is 2.35. The van der Waals surface area contributed by atoms with E-state index in [2.05, 4.69) is 0 Å². The van der Waals surface area contributed by atoms with Crippen molar-refractivity contribution in [3.05, 3.63) is 46.4 Å². The number of likely N-dealkylation sites (N-methyl/N-ethyl adjacent to an activating group) is 1. The average Bonchev–Trinajstić information content (AvgIpc) is 3.15. The van der Waals surface area contributed by atoms with Gasteiger partial charge >= 0.3 is 11.9 Å². The van der Waals surface area contributed by atoms with Gasteiger partial charge in [0.2, 0.25) is 0 Å². The molecule has 2 unspecified atom stereocenters. The van der Waals surface area contributed by atoms with E-state index in [1.54, 1.807) is 5.38 Å². The molecular formula is C20H23F2NO6S. The summed E-state index contributed by atoms with van der Waals surface area (Å²) < 4.78 is 35.3. The van der Waals surface area contributed by atoms with Crippen molar-refractivity contribution in [3.63, 3.8) is 0 Å². The Morgan fingerprint density at radius 1 is 1.27 bits per heavy atom. The van der Waals surface area contributed by atoms with Crippen LogP contribution in [-0.2, 0) is 14.3 Å². The van der Waals surface area contributed by atoms with E-state index >= 15 is 0 Å². The average molecular weight is 443 g/mol. The van der Waals surface area contributed by atoms with Crippen LogP contribution in [0.5, 0.6) is 0 Å². The van der Waals surface area contributed by atoms with Gasteiger partial charge in [0.1, 0.15) is 23.8 Å². The molecule has 3 N–H and O–H groups in total. The summed E-state index contributed by atoms with van der Waals surface area (Å²) in [4.78, 5) is 24.7. The third-order valence-corrected chi connectivity index (χ3v) is 5.56. The number of rotatable bonds is 11. The first-order chi connectivity index (χ1) is 14.2. The van der Waals surface area contributed by atoms with Gasteiger partial charge in [0.15, 0.2) is 0 Å². The normalized spacial score (nSPS) is 14.3. The summed E-state index contributed by atoms with van der Waals surface area (Å²) in [7, 11) is 0. The maximum Gasteiger partial charge on any atom is 0.334 e. The van der Waals surface area contributed by atoms with E-state index in [-0.39, 0.29) is 12.0 Å². The summed E-state index contributed by atoms with van der Waals surface area (Å²) in [6.45, 7) is 5.44. The Labute approximate surface area is 175 Å². The van der Waals surface area contributed by atoms with Gasteiger partial charge in [-0.25, -0.2) is 18.4 Å². The van der Waals surface area contributed by atoms with Gasteiger partial charge < -0.3 is 25.0 Å². The highest BCUT2D eigenvalue weighted by atomic mass is 32.1. The lowest BCUT2D eigenvalue weighted by Crippen LogP contribution is -2.34. The maximum absolute atomic E-state index is 14.9. The van der Waals surface area contributed by atoms with Gasteiger partial charge in [0, 0.05) is 22.7 Å². The SMILES string of the molecule is CCN(CC)CCOC(/C(=C/C(=O)O)C(=O)O)C(O)c1c(F)cc2sccc2c1F. The monoisotopic (exact) mass is 443 g/mol. The molecule has 7 nitrogen and oxygen atoms in total. The molecule has 0 aliphatic carbocycles. The highest BCUT2D eigenvalue weighted by molar-refractivity contribution is 7.17. The van der Waals surface area contributed by atoms with Crippen LogP contribution in [0.15, 0.2) is 29.2 Å². The molecule has 0 spiro atoms. The molecule has 0 radical (unpaired) electrons. The first-order valence-electron chi connectivity index (χ1n) is 9.26. The summed E-state index contributed by atoms with van der Waals surface area (Å²) in [5, 5.41) is 30.8. The van der Waals surface area contributed by atoms with Gasteiger partial charge in [-0.15, -0.1) is 11.3 Å². The number of benzene rings is 1. The smallest absolute Gasteiger partial charge is 0.334 e.